The van der Waals surface area contributed by atoms with Gasteiger partial charge < -0.3 is 10.1 Å². The number of likely N-dealkylation sites (tertiary alicyclic amines) is 1. The van der Waals surface area contributed by atoms with E-state index in [0.29, 0.717) is 6.04 Å². The van der Waals surface area contributed by atoms with Crippen LogP contribution in [0, 0.1) is 0 Å². The maximum atomic E-state index is 5.31. The van der Waals surface area contributed by atoms with Crippen LogP contribution in [-0.2, 0) is 0 Å². The van der Waals surface area contributed by atoms with Crippen LogP contribution in [0.3, 0.4) is 0 Å². The molecule has 86 valence electrons. The third-order valence-electron chi connectivity index (χ3n) is 3.68. The predicted octanol–water partition coefficient (Wildman–Crippen LogP) is 2.26. The van der Waals surface area contributed by atoms with E-state index in [-0.39, 0.29) is 0 Å². The highest BCUT2D eigenvalue weighted by atomic mass is 16.5. The Balaban J connectivity index is 1.94. The molecule has 1 fully saturated rings. The second-order valence-electron chi connectivity index (χ2n) is 4.57. The van der Waals surface area contributed by atoms with E-state index in [2.05, 4.69) is 22.3 Å². The molecule has 0 aliphatic carbocycles. The van der Waals surface area contributed by atoms with Crippen molar-refractivity contribution in [2.24, 2.45) is 0 Å². The van der Waals surface area contributed by atoms with Gasteiger partial charge in [0.25, 0.3) is 0 Å². The van der Waals surface area contributed by atoms with Gasteiger partial charge in [-0.2, -0.15) is 0 Å². The first-order chi connectivity index (χ1) is 7.88. The molecule has 0 spiro atoms. The van der Waals surface area contributed by atoms with Crippen LogP contribution in [0.2, 0.25) is 0 Å². The van der Waals surface area contributed by atoms with Gasteiger partial charge in [0.1, 0.15) is 5.75 Å². The van der Waals surface area contributed by atoms with E-state index in [0.717, 1.165) is 12.3 Å². The summed E-state index contributed by atoms with van der Waals surface area (Å²) in [6.45, 7) is 3.59. The lowest BCUT2D eigenvalue weighted by atomic mass is 9.94. The summed E-state index contributed by atoms with van der Waals surface area (Å²) in [5.74, 6) is 0.966. The Bertz CT molecular complexity index is 388. The van der Waals surface area contributed by atoms with Gasteiger partial charge in [-0.3, -0.25) is 4.90 Å². The van der Waals surface area contributed by atoms with Crippen molar-refractivity contribution < 1.29 is 4.74 Å². The summed E-state index contributed by atoms with van der Waals surface area (Å²) in [6.07, 6.45) is 2.56. The largest absolute Gasteiger partial charge is 0.497 e. The van der Waals surface area contributed by atoms with Gasteiger partial charge in [-0.15, -0.1) is 0 Å². The highest BCUT2D eigenvalue weighted by Gasteiger charge is 2.29. The lowest BCUT2D eigenvalue weighted by molar-refractivity contribution is 0.112. The summed E-state index contributed by atoms with van der Waals surface area (Å²) < 4.78 is 5.31. The molecule has 2 aliphatic rings. The molecule has 0 bridgehead atoms. The number of ether oxygens (including phenoxy) is 1. The molecule has 1 aromatic carbocycles. The number of fused-ring (bicyclic) bond motifs is 1. The molecule has 0 aromatic heterocycles. The topological polar surface area (TPSA) is 24.5 Å². The summed E-state index contributed by atoms with van der Waals surface area (Å²) >= 11 is 0. The average molecular weight is 218 g/mol. The van der Waals surface area contributed by atoms with E-state index in [1.54, 1.807) is 7.11 Å². The molecular weight excluding hydrogens is 200 g/mol. The number of methoxy groups -OCH3 is 1. The van der Waals surface area contributed by atoms with E-state index in [1.165, 1.54) is 37.2 Å². The molecule has 3 heteroatoms. The number of hydrogen-bond donors (Lipinski definition) is 1. The molecule has 1 unspecified atom stereocenters. The molecule has 2 aliphatic heterocycles. The lowest BCUT2D eigenvalue weighted by Crippen LogP contribution is -2.42. The van der Waals surface area contributed by atoms with E-state index >= 15 is 0 Å². The monoisotopic (exact) mass is 218 g/mol. The minimum atomic E-state index is 0.597. The van der Waals surface area contributed by atoms with Crippen LogP contribution in [-0.4, -0.2) is 31.6 Å². The summed E-state index contributed by atoms with van der Waals surface area (Å²) in [5, 5.41) is 3.46. The zero-order valence-electron chi connectivity index (χ0n) is 9.70. The summed E-state index contributed by atoms with van der Waals surface area (Å²) in [7, 11) is 1.73. The Morgan fingerprint density at radius 3 is 2.94 bits per heavy atom. The predicted molar refractivity (Wildman–Crippen MR) is 65.0 cm³/mol. The van der Waals surface area contributed by atoms with Gasteiger partial charge in [-0.05, 0) is 49.7 Å². The SMILES string of the molecule is COc1ccc2c(c1)C(N1CCC1)CCN2. The van der Waals surface area contributed by atoms with Gasteiger partial charge in [0.15, 0.2) is 0 Å². The fourth-order valence-electron chi connectivity index (χ4n) is 2.64. The summed E-state index contributed by atoms with van der Waals surface area (Å²) in [6, 6.07) is 6.95. The molecule has 0 radical (unpaired) electrons. The smallest absolute Gasteiger partial charge is 0.119 e. The van der Waals surface area contributed by atoms with E-state index in [4.69, 9.17) is 4.74 Å². The molecule has 3 rings (SSSR count). The summed E-state index contributed by atoms with van der Waals surface area (Å²) in [4.78, 5) is 2.57. The standard InChI is InChI=1S/C13H18N2O/c1-16-10-3-4-12-11(9-10)13(5-6-14-12)15-7-2-8-15/h3-4,9,13-14H,2,5-8H2,1H3. The van der Waals surface area contributed by atoms with E-state index in [9.17, 15) is 0 Å². The van der Waals surface area contributed by atoms with E-state index < -0.39 is 0 Å². The number of benzene rings is 1. The highest BCUT2D eigenvalue weighted by molar-refractivity contribution is 5.57. The lowest BCUT2D eigenvalue weighted by Gasteiger charge is -2.41. The second kappa shape index (κ2) is 3.98. The van der Waals surface area contributed by atoms with Gasteiger partial charge in [-0.25, -0.2) is 0 Å². The molecule has 1 atom stereocenters. The maximum Gasteiger partial charge on any atom is 0.119 e. The van der Waals surface area contributed by atoms with Crippen molar-refractivity contribution in [2.45, 2.75) is 18.9 Å². The van der Waals surface area contributed by atoms with Crippen LogP contribution in [0.1, 0.15) is 24.4 Å². The molecule has 16 heavy (non-hydrogen) atoms. The van der Waals surface area contributed by atoms with Crippen LogP contribution in [0.25, 0.3) is 0 Å². The molecule has 0 amide bonds. The molecule has 1 aromatic rings. The van der Waals surface area contributed by atoms with Crippen molar-refractivity contribution in [3.63, 3.8) is 0 Å². The number of nitrogens with one attached hydrogen (secondary N) is 1. The molecule has 3 nitrogen and oxygen atoms in total. The van der Waals surface area contributed by atoms with Crippen LogP contribution in [0.15, 0.2) is 18.2 Å². The van der Waals surface area contributed by atoms with Crippen LogP contribution in [0.5, 0.6) is 5.75 Å². The van der Waals surface area contributed by atoms with Crippen molar-refractivity contribution in [3.05, 3.63) is 23.8 Å². The van der Waals surface area contributed by atoms with Crippen molar-refractivity contribution in [2.75, 3.05) is 32.1 Å². The van der Waals surface area contributed by atoms with Crippen molar-refractivity contribution in [3.8, 4) is 5.75 Å². The highest BCUT2D eigenvalue weighted by Crippen LogP contribution is 2.38. The Kier molecular flexibility index (Phi) is 2.48. The molecule has 2 heterocycles. The van der Waals surface area contributed by atoms with Crippen LogP contribution in [0.4, 0.5) is 5.69 Å². The Labute approximate surface area is 96.4 Å². The quantitative estimate of drug-likeness (QED) is 0.824. The zero-order chi connectivity index (χ0) is 11.0. The third kappa shape index (κ3) is 1.55. The van der Waals surface area contributed by atoms with Crippen molar-refractivity contribution in [1.29, 1.82) is 0 Å². The number of rotatable bonds is 2. The Morgan fingerprint density at radius 2 is 2.25 bits per heavy atom. The first-order valence-corrected chi connectivity index (χ1v) is 6.04. The Morgan fingerprint density at radius 1 is 1.38 bits per heavy atom. The third-order valence-corrected chi connectivity index (χ3v) is 3.68. The minimum Gasteiger partial charge on any atom is -0.497 e. The second-order valence-corrected chi connectivity index (χ2v) is 4.57. The first-order valence-electron chi connectivity index (χ1n) is 6.04. The molecule has 0 saturated carbocycles. The first kappa shape index (κ1) is 9.97. The fourth-order valence-corrected chi connectivity index (χ4v) is 2.64. The van der Waals surface area contributed by atoms with Gasteiger partial charge in [-0.1, -0.05) is 0 Å². The molecular formula is C13H18N2O. The van der Waals surface area contributed by atoms with Gasteiger partial charge >= 0.3 is 0 Å². The van der Waals surface area contributed by atoms with Crippen LogP contribution < -0.4 is 10.1 Å². The van der Waals surface area contributed by atoms with Crippen molar-refractivity contribution in [1.82, 2.24) is 4.90 Å². The normalized spacial score (nSPS) is 24.2. The van der Waals surface area contributed by atoms with Crippen LogP contribution >= 0.6 is 0 Å². The molecule has 1 N–H and O–H groups in total. The van der Waals surface area contributed by atoms with Crippen molar-refractivity contribution >= 4 is 5.69 Å². The van der Waals surface area contributed by atoms with Gasteiger partial charge in [0.05, 0.1) is 7.11 Å². The number of nitrogens with zero attached hydrogens (tertiary/aromatic N) is 1. The average Bonchev–Trinajstić information content (AvgIpc) is 2.27. The van der Waals surface area contributed by atoms with Gasteiger partial charge in [0, 0.05) is 18.3 Å². The molecule has 1 saturated heterocycles. The zero-order valence-corrected chi connectivity index (χ0v) is 9.70. The van der Waals surface area contributed by atoms with E-state index in [1.807, 2.05) is 6.07 Å². The fraction of sp³-hybridized carbons (Fsp3) is 0.538. The van der Waals surface area contributed by atoms with Gasteiger partial charge in [0.2, 0.25) is 0 Å². The minimum absolute atomic E-state index is 0.597. The summed E-state index contributed by atoms with van der Waals surface area (Å²) in [5.41, 5.74) is 2.69. The number of hydrogen-bond acceptors (Lipinski definition) is 3. The maximum absolute atomic E-state index is 5.31. The Hall–Kier alpha value is -1.22. The number of anilines is 1.